The van der Waals surface area contributed by atoms with E-state index in [4.69, 9.17) is 4.74 Å². The van der Waals surface area contributed by atoms with Crippen LogP contribution in [0.25, 0.3) is 0 Å². The maximum absolute atomic E-state index is 13.1. The summed E-state index contributed by atoms with van der Waals surface area (Å²) in [7, 11) is -3.44. The van der Waals surface area contributed by atoms with Gasteiger partial charge in [0.25, 0.3) is 5.91 Å². The second kappa shape index (κ2) is 7.75. The molecule has 1 saturated heterocycles. The van der Waals surface area contributed by atoms with Gasteiger partial charge in [-0.3, -0.25) is 14.5 Å². The number of benzene rings is 2. The Balaban J connectivity index is 1.74. The fourth-order valence-corrected chi connectivity index (χ4v) is 3.54. The molecule has 0 spiro atoms. The van der Waals surface area contributed by atoms with Gasteiger partial charge in [0.05, 0.1) is 7.11 Å². The van der Waals surface area contributed by atoms with Gasteiger partial charge in [-0.15, -0.1) is 3.89 Å². The van der Waals surface area contributed by atoms with Gasteiger partial charge in [0.15, 0.2) is 0 Å². The first-order chi connectivity index (χ1) is 14.0. The van der Waals surface area contributed by atoms with Crippen LogP contribution in [0.2, 0.25) is 0 Å². The van der Waals surface area contributed by atoms with E-state index in [1.54, 1.807) is 24.3 Å². The van der Waals surface area contributed by atoms with Gasteiger partial charge < -0.3 is 15.4 Å². The van der Waals surface area contributed by atoms with Crippen molar-refractivity contribution in [1.29, 1.82) is 0 Å². The minimum atomic E-state index is -4.94. The van der Waals surface area contributed by atoms with E-state index in [-0.39, 0.29) is 5.69 Å². The number of nitrogens with zero attached hydrogens (tertiary/aromatic N) is 1. The SMILES string of the molecule is COc1ccc(C2(C)NC(=O)N(CC(=O)Nc3cccc(S(=O)(=O)F)c3)C2=O)cc1. The van der Waals surface area contributed by atoms with Gasteiger partial charge in [-0.25, -0.2) is 4.79 Å². The number of amides is 4. The molecule has 30 heavy (non-hydrogen) atoms. The van der Waals surface area contributed by atoms with E-state index < -0.39 is 45.0 Å². The molecular weight excluding hydrogens is 417 g/mol. The van der Waals surface area contributed by atoms with Crippen LogP contribution < -0.4 is 15.4 Å². The van der Waals surface area contributed by atoms with E-state index in [1.807, 2.05) is 0 Å². The highest BCUT2D eigenvalue weighted by atomic mass is 32.3. The van der Waals surface area contributed by atoms with Crippen molar-refractivity contribution in [2.75, 3.05) is 19.0 Å². The fraction of sp³-hybridized carbons (Fsp3) is 0.211. The van der Waals surface area contributed by atoms with Gasteiger partial charge in [-0.1, -0.05) is 18.2 Å². The number of hydrogen-bond acceptors (Lipinski definition) is 6. The average molecular weight is 435 g/mol. The van der Waals surface area contributed by atoms with E-state index in [0.717, 1.165) is 17.0 Å². The molecule has 2 N–H and O–H groups in total. The van der Waals surface area contributed by atoms with Crippen molar-refractivity contribution in [2.24, 2.45) is 0 Å². The molecule has 3 rings (SSSR count). The first-order valence-corrected chi connectivity index (χ1v) is 10.1. The van der Waals surface area contributed by atoms with E-state index in [2.05, 4.69) is 10.6 Å². The number of methoxy groups -OCH3 is 1. The number of carbonyl (C=O) groups is 3. The van der Waals surface area contributed by atoms with Crippen LogP contribution >= 0.6 is 0 Å². The number of halogens is 1. The Labute approximate surface area is 172 Å². The molecule has 9 nitrogen and oxygen atoms in total. The summed E-state index contributed by atoms with van der Waals surface area (Å²) in [6.45, 7) is 0.908. The number of anilines is 1. The van der Waals surface area contributed by atoms with Crippen LogP contribution in [0.15, 0.2) is 53.4 Å². The summed E-state index contributed by atoms with van der Waals surface area (Å²) >= 11 is 0. The van der Waals surface area contributed by atoms with Crippen molar-refractivity contribution in [2.45, 2.75) is 17.4 Å². The summed E-state index contributed by atoms with van der Waals surface area (Å²) in [5, 5.41) is 4.91. The van der Waals surface area contributed by atoms with Crippen LogP contribution in [-0.2, 0) is 25.4 Å². The first kappa shape index (κ1) is 21.2. The standard InChI is InChI=1S/C19H18FN3O6S/c1-19(12-6-8-14(29-2)9-7-12)17(25)23(18(26)22-19)11-16(24)21-13-4-3-5-15(10-13)30(20,27)28/h3-10H,11H2,1-2H3,(H,21,24)(H,22,26). The number of urea groups is 1. The Hall–Kier alpha value is -3.47. The number of hydrogen-bond donors (Lipinski definition) is 2. The molecule has 4 amide bonds. The molecule has 0 bridgehead atoms. The lowest BCUT2D eigenvalue weighted by Gasteiger charge is -2.22. The summed E-state index contributed by atoms with van der Waals surface area (Å²) in [6.07, 6.45) is 0. The van der Waals surface area contributed by atoms with Gasteiger partial charge in [-0.05, 0) is 42.8 Å². The Morgan fingerprint density at radius 2 is 1.87 bits per heavy atom. The average Bonchev–Trinajstić information content (AvgIpc) is 2.91. The van der Waals surface area contributed by atoms with E-state index >= 15 is 0 Å². The van der Waals surface area contributed by atoms with Crippen LogP contribution in [0.3, 0.4) is 0 Å². The van der Waals surface area contributed by atoms with Crippen molar-refractivity contribution in [3.05, 3.63) is 54.1 Å². The third-order valence-electron chi connectivity index (χ3n) is 4.64. The molecule has 1 fully saturated rings. The van der Waals surface area contributed by atoms with Crippen molar-refractivity contribution in [3.63, 3.8) is 0 Å². The van der Waals surface area contributed by atoms with Crippen LogP contribution in [0.5, 0.6) is 5.75 Å². The highest BCUT2D eigenvalue weighted by Gasteiger charge is 2.49. The first-order valence-electron chi connectivity index (χ1n) is 8.68. The zero-order valence-electron chi connectivity index (χ0n) is 16.0. The van der Waals surface area contributed by atoms with Gasteiger partial charge in [-0.2, -0.15) is 8.42 Å². The largest absolute Gasteiger partial charge is 0.497 e. The number of carbonyl (C=O) groups excluding carboxylic acids is 3. The smallest absolute Gasteiger partial charge is 0.332 e. The molecule has 0 saturated carbocycles. The maximum atomic E-state index is 13.1. The highest BCUT2D eigenvalue weighted by molar-refractivity contribution is 7.86. The summed E-state index contributed by atoms with van der Waals surface area (Å²) in [6, 6.07) is 10.3. The van der Waals surface area contributed by atoms with Gasteiger partial charge in [0.2, 0.25) is 5.91 Å². The summed E-state index contributed by atoms with van der Waals surface area (Å²) < 4.78 is 40.2. The molecule has 1 heterocycles. The van der Waals surface area contributed by atoms with Gasteiger partial charge >= 0.3 is 16.3 Å². The van der Waals surface area contributed by atoms with E-state index in [1.165, 1.54) is 26.2 Å². The summed E-state index contributed by atoms with van der Waals surface area (Å²) in [4.78, 5) is 37.6. The van der Waals surface area contributed by atoms with Crippen molar-refractivity contribution in [3.8, 4) is 5.75 Å². The monoisotopic (exact) mass is 435 g/mol. The molecule has 2 aromatic carbocycles. The zero-order valence-corrected chi connectivity index (χ0v) is 16.8. The molecule has 0 aromatic heterocycles. The molecule has 0 aliphatic carbocycles. The van der Waals surface area contributed by atoms with Gasteiger partial charge in [0, 0.05) is 5.69 Å². The number of rotatable bonds is 6. The van der Waals surface area contributed by atoms with Crippen LogP contribution in [0.4, 0.5) is 14.4 Å². The molecule has 1 aliphatic heterocycles. The van der Waals surface area contributed by atoms with Crippen molar-refractivity contribution >= 4 is 33.8 Å². The van der Waals surface area contributed by atoms with E-state index in [9.17, 15) is 26.7 Å². The summed E-state index contributed by atoms with van der Waals surface area (Å²) in [5.41, 5.74) is -0.861. The molecular formula is C19H18FN3O6S. The lowest BCUT2D eigenvalue weighted by Crippen LogP contribution is -2.42. The van der Waals surface area contributed by atoms with Crippen molar-refractivity contribution < 1.29 is 31.4 Å². The Morgan fingerprint density at radius 3 is 2.47 bits per heavy atom. The maximum Gasteiger partial charge on any atom is 0.332 e. The van der Waals surface area contributed by atoms with Crippen LogP contribution in [0.1, 0.15) is 12.5 Å². The predicted molar refractivity (Wildman–Crippen MR) is 104 cm³/mol. The lowest BCUT2D eigenvalue weighted by molar-refractivity contribution is -0.133. The molecule has 158 valence electrons. The second-order valence-electron chi connectivity index (χ2n) is 6.69. The minimum absolute atomic E-state index is 0.00342. The van der Waals surface area contributed by atoms with Gasteiger partial charge in [0.1, 0.15) is 22.7 Å². The third-order valence-corrected chi connectivity index (χ3v) is 5.46. The molecule has 1 atom stereocenters. The van der Waals surface area contributed by atoms with Crippen molar-refractivity contribution in [1.82, 2.24) is 10.2 Å². The number of nitrogens with one attached hydrogen (secondary N) is 2. The predicted octanol–water partition coefficient (Wildman–Crippen LogP) is 1.76. The molecule has 1 aliphatic rings. The van der Waals surface area contributed by atoms with E-state index in [0.29, 0.717) is 11.3 Å². The topological polar surface area (TPSA) is 122 Å². The molecule has 2 aromatic rings. The Morgan fingerprint density at radius 1 is 1.20 bits per heavy atom. The lowest BCUT2D eigenvalue weighted by atomic mass is 9.92. The molecule has 1 unspecified atom stereocenters. The Bertz CT molecular complexity index is 1120. The quantitative estimate of drug-likeness (QED) is 0.527. The number of imide groups is 1. The third kappa shape index (κ3) is 4.10. The summed E-state index contributed by atoms with van der Waals surface area (Å²) in [5.74, 6) is -0.813. The fourth-order valence-electron chi connectivity index (χ4n) is 3.03. The zero-order chi connectivity index (χ0) is 22.1. The Kier molecular flexibility index (Phi) is 5.49. The van der Waals surface area contributed by atoms with Crippen LogP contribution in [-0.4, -0.2) is 44.8 Å². The van der Waals surface area contributed by atoms with Crippen LogP contribution in [0, 0.1) is 0 Å². The normalized spacial score (nSPS) is 18.8. The molecule has 0 radical (unpaired) electrons. The minimum Gasteiger partial charge on any atom is -0.497 e. The number of ether oxygens (including phenoxy) is 1. The second-order valence-corrected chi connectivity index (χ2v) is 8.04. The molecule has 11 heteroatoms. The highest BCUT2D eigenvalue weighted by Crippen LogP contribution is 2.30.